The highest BCUT2D eigenvalue weighted by molar-refractivity contribution is 5.69. The zero-order valence-corrected chi connectivity index (χ0v) is 9.51. The van der Waals surface area contributed by atoms with E-state index in [0.29, 0.717) is 12.3 Å². The van der Waals surface area contributed by atoms with Crippen LogP contribution in [0.4, 0.5) is 0 Å². The number of carboxylic acids is 1. The van der Waals surface area contributed by atoms with Gasteiger partial charge in [-0.15, -0.1) is 0 Å². The lowest BCUT2D eigenvalue weighted by atomic mass is 10.2. The number of aromatic hydroxyl groups is 1. The van der Waals surface area contributed by atoms with Crippen LogP contribution in [0.2, 0.25) is 0 Å². The van der Waals surface area contributed by atoms with Crippen molar-refractivity contribution in [2.75, 3.05) is 20.2 Å². The lowest BCUT2D eigenvalue weighted by molar-refractivity contribution is -0.135. The first-order valence-electron chi connectivity index (χ1n) is 5.09. The monoisotopic (exact) mass is 237 g/mol. The SMILES string of the molecule is COc1cc(/C=C/CNCC(=O)O)ccc1O. The minimum absolute atomic E-state index is 0.0662. The van der Waals surface area contributed by atoms with Crippen LogP contribution in [0.15, 0.2) is 24.3 Å². The van der Waals surface area contributed by atoms with Crippen molar-refractivity contribution in [1.29, 1.82) is 0 Å². The number of aliphatic carboxylic acids is 1. The zero-order chi connectivity index (χ0) is 12.7. The van der Waals surface area contributed by atoms with Crippen LogP contribution in [0, 0.1) is 0 Å². The molecular weight excluding hydrogens is 222 g/mol. The van der Waals surface area contributed by atoms with Gasteiger partial charge in [-0.1, -0.05) is 18.2 Å². The third-order valence-electron chi connectivity index (χ3n) is 2.05. The first-order chi connectivity index (χ1) is 8.13. The van der Waals surface area contributed by atoms with Gasteiger partial charge in [-0.25, -0.2) is 0 Å². The van der Waals surface area contributed by atoms with E-state index >= 15 is 0 Å². The van der Waals surface area contributed by atoms with Crippen LogP contribution in [0.5, 0.6) is 11.5 Å². The molecule has 0 spiro atoms. The number of phenolic OH excluding ortho intramolecular Hbond substituents is 1. The molecule has 0 aliphatic heterocycles. The van der Waals surface area contributed by atoms with E-state index in [2.05, 4.69) is 5.32 Å². The fraction of sp³-hybridized carbons (Fsp3) is 0.250. The predicted octanol–water partition coefficient (Wildman–Crippen LogP) is 1.09. The third kappa shape index (κ3) is 4.56. The van der Waals surface area contributed by atoms with Crippen LogP contribution in [0.25, 0.3) is 6.08 Å². The Kier molecular flexibility index (Phi) is 5.03. The van der Waals surface area contributed by atoms with Crippen molar-refractivity contribution >= 4 is 12.0 Å². The Balaban J connectivity index is 2.50. The quantitative estimate of drug-likeness (QED) is 0.645. The van der Waals surface area contributed by atoms with Gasteiger partial charge >= 0.3 is 5.97 Å². The number of methoxy groups -OCH3 is 1. The smallest absolute Gasteiger partial charge is 0.317 e. The summed E-state index contributed by atoms with van der Waals surface area (Å²) in [6.07, 6.45) is 3.62. The molecule has 0 saturated carbocycles. The van der Waals surface area contributed by atoms with Gasteiger partial charge in [0.15, 0.2) is 11.5 Å². The van der Waals surface area contributed by atoms with Gasteiger partial charge in [0.05, 0.1) is 13.7 Å². The minimum atomic E-state index is -0.885. The average molecular weight is 237 g/mol. The van der Waals surface area contributed by atoms with E-state index in [1.807, 2.05) is 6.08 Å². The number of nitrogens with one attached hydrogen (secondary N) is 1. The van der Waals surface area contributed by atoms with Gasteiger partial charge in [0, 0.05) is 6.54 Å². The Labute approximate surface area is 99.3 Å². The number of carboxylic acid groups (broad SMARTS) is 1. The maximum atomic E-state index is 10.2. The Morgan fingerprint density at radius 1 is 1.53 bits per heavy atom. The van der Waals surface area contributed by atoms with Crippen LogP contribution in [-0.2, 0) is 4.79 Å². The van der Waals surface area contributed by atoms with Gasteiger partial charge in [-0.05, 0) is 17.7 Å². The largest absolute Gasteiger partial charge is 0.504 e. The van der Waals surface area contributed by atoms with Gasteiger partial charge in [0.25, 0.3) is 0 Å². The van der Waals surface area contributed by atoms with E-state index in [9.17, 15) is 9.90 Å². The number of hydrogen-bond donors (Lipinski definition) is 3. The summed E-state index contributed by atoms with van der Waals surface area (Å²) in [6.45, 7) is 0.402. The number of hydrogen-bond acceptors (Lipinski definition) is 4. The molecule has 0 radical (unpaired) electrons. The molecule has 0 aromatic heterocycles. The highest BCUT2D eigenvalue weighted by atomic mass is 16.5. The molecule has 5 nitrogen and oxygen atoms in total. The molecule has 0 bridgehead atoms. The first-order valence-corrected chi connectivity index (χ1v) is 5.09. The molecule has 1 rings (SSSR count). The maximum Gasteiger partial charge on any atom is 0.317 e. The molecule has 3 N–H and O–H groups in total. The fourth-order valence-corrected chi connectivity index (χ4v) is 1.26. The second-order valence-corrected chi connectivity index (χ2v) is 3.36. The number of phenols is 1. The first kappa shape index (κ1) is 13.1. The molecule has 0 aliphatic carbocycles. The van der Waals surface area contributed by atoms with Gasteiger partial charge in [-0.3, -0.25) is 4.79 Å². The summed E-state index contributed by atoms with van der Waals surface area (Å²) >= 11 is 0. The number of benzene rings is 1. The summed E-state index contributed by atoms with van der Waals surface area (Å²) in [5, 5.41) is 20.5. The van der Waals surface area contributed by atoms with Gasteiger partial charge in [0.1, 0.15) is 0 Å². The Morgan fingerprint density at radius 2 is 2.29 bits per heavy atom. The van der Waals surface area contributed by atoms with Crippen LogP contribution in [0.3, 0.4) is 0 Å². The molecule has 0 heterocycles. The summed E-state index contributed by atoms with van der Waals surface area (Å²) < 4.78 is 4.97. The average Bonchev–Trinajstić information content (AvgIpc) is 2.30. The molecule has 0 fully saturated rings. The third-order valence-corrected chi connectivity index (χ3v) is 2.05. The summed E-state index contributed by atoms with van der Waals surface area (Å²) in [4.78, 5) is 10.2. The summed E-state index contributed by atoms with van der Waals surface area (Å²) in [5.41, 5.74) is 0.872. The normalized spacial score (nSPS) is 10.6. The summed E-state index contributed by atoms with van der Waals surface area (Å²) in [6, 6.07) is 4.98. The Morgan fingerprint density at radius 3 is 2.94 bits per heavy atom. The Hall–Kier alpha value is -2.01. The molecule has 5 heteroatoms. The van der Waals surface area contributed by atoms with Crippen LogP contribution < -0.4 is 10.1 Å². The van der Waals surface area contributed by atoms with Gasteiger partial charge < -0.3 is 20.3 Å². The maximum absolute atomic E-state index is 10.2. The van der Waals surface area contributed by atoms with Crippen LogP contribution >= 0.6 is 0 Å². The van der Waals surface area contributed by atoms with E-state index in [1.54, 1.807) is 24.3 Å². The molecule has 1 aromatic rings. The van der Waals surface area contributed by atoms with Crippen molar-refractivity contribution in [3.63, 3.8) is 0 Å². The molecule has 0 aliphatic rings. The Bertz CT molecular complexity index is 415. The van der Waals surface area contributed by atoms with E-state index in [1.165, 1.54) is 7.11 Å². The standard InChI is InChI=1S/C12H15NO4/c1-17-11-7-9(4-5-10(11)14)3-2-6-13-8-12(15)16/h2-5,7,13-14H,6,8H2,1H3,(H,15,16)/b3-2+. The predicted molar refractivity (Wildman–Crippen MR) is 64.2 cm³/mol. The minimum Gasteiger partial charge on any atom is -0.504 e. The topological polar surface area (TPSA) is 78.8 Å². The highest BCUT2D eigenvalue weighted by Gasteiger charge is 1.99. The van der Waals surface area contributed by atoms with Crippen molar-refractivity contribution in [3.05, 3.63) is 29.8 Å². The van der Waals surface area contributed by atoms with E-state index < -0.39 is 5.97 Å². The lowest BCUT2D eigenvalue weighted by Gasteiger charge is -2.03. The molecule has 0 amide bonds. The number of ether oxygens (including phenoxy) is 1. The molecule has 0 unspecified atom stereocenters. The fourth-order valence-electron chi connectivity index (χ4n) is 1.26. The lowest BCUT2D eigenvalue weighted by Crippen LogP contribution is -2.22. The summed E-state index contributed by atoms with van der Waals surface area (Å²) in [7, 11) is 1.48. The van der Waals surface area contributed by atoms with Crippen molar-refractivity contribution in [2.24, 2.45) is 0 Å². The van der Waals surface area contributed by atoms with Crippen molar-refractivity contribution in [1.82, 2.24) is 5.32 Å². The van der Waals surface area contributed by atoms with Crippen molar-refractivity contribution in [2.45, 2.75) is 0 Å². The van der Waals surface area contributed by atoms with E-state index in [4.69, 9.17) is 9.84 Å². The molecule has 17 heavy (non-hydrogen) atoms. The molecule has 0 saturated heterocycles. The molecule has 0 atom stereocenters. The van der Waals surface area contributed by atoms with Crippen LogP contribution in [-0.4, -0.2) is 36.4 Å². The van der Waals surface area contributed by atoms with E-state index in [-0.39, 0.29) is 12.3 Å². The highest BCUT2D eigenvalue weighted by Crippen LogP contribution is 2.26. The van der Waals surface area contributed by atoms with Gasteiger partial charge in [0.2, 0.25) is 0 Å². The summed E-state index contributed by atoms with van der Waals surface area (Å²) in [5.74, 6) is -0.385. The van der Waals surface area contributed by atoms with Crippen molar-refractivity contribution < 1.29 is 19.7 Å². The second kappa shape index (κ2) is 6.55. The van der Waals surface area contributed by atoms with Crippen molar-refractivity contribution in [3.8, 4) is 11.5 Å². The second-order valence-electron chi connectivity index (χ2n) is 3.36. The molecular formula is C12H15NO4. The van der Waals surface area contributed by atoms with Gasteiger partial charge in [-0.2, -0.15) is 0 Å². The van der Waals surface area contributed by atoms with E-state index in [0.717, 1.165) is 5.56 Å². The number of rotatable bonds is 6. The molecule has 92 valence electrons. The van der Waals surface area contributed by atoms with Crippen LogP contribution in [0.1, 0.15) is 5.56 Å². The number of carbonyl (C=O) groups is 1. The zero-order valence-electron chi connectivity index (χ0n) is 9.51. The molecule has 1 aromatic carbocycles.